The minimum Gasteiger partial charge on any atom is -0.784 e. The van der Waals surface area contributed by atoms with Crippen molar-refractivity contribution in [3.63, 3.8) is 0 Å². The molecule has 0 heterocycles. The molecule has 0 aromatic heterocycles. The van der Waals surface area contributed by atoms with Crippen LogP contribution in [-0.2, 0) is 11.4 Å². The Bertz CT molecular complexity index is 31.8. The molecule has 0 bridgehead atoms. The van der Waals surface area contributed by atoms with Crippen LogP contribution >= 0.6 is 0 Å². The van der Waals surface area contributed by atoms with Crippen molar-refractivity contribution in [1.82, 2.24) is 0 Å². The lowest BCUT2D eigenvalue weighted by Gasteiger charge is -2.03. The molecule has 38 valence electrons. The summed E-state index contributed by atoms with van der Waals surface area (Å²) in [6.07, 6.45) is 0. The van der Waals surface area contributed by atoms with Crippen LogP contribution in [0.4, 0.5) is 0 Å². The molecule has 0 aliphatic heterocycles. The molecule has 4 radical (unpaired) electrons. The quantitative estimate of drug-likeness (QED) is 0.327. The van der Waals surface area contributed by atoms with Gasteiger partial charge in [-0.2, -0.15) is 0 Å². The van der Waals surface area contributed by atoms with E-state index in [1.54, 1.807) is 0 Å². The number of rotatable bonds is 0. The van der Waals surface area contributed by atoms with Crippen molar-refractivity contribution in [2.45, 2.75) is 0 Å². The Kier molecular flexibility index (Phi) is 25.4. The Labute approximate surface area is 72.0 Å². The highest BCUT2D eigenvalue weighted by Gasteiger charge is 1.20. The van der Waals surface area contributed by atoms with Crippen LogP contribution in [0.2, 0.25) is 0 Å². The molecule has 0 unspecified atom stereocenters. The molecule has 0 rings (SSSR count). The zero-order valence-corrected chi connectivity index (χ0v) is 7.52. The van der Waals surface area contributed by atoms with E-state index >= 15 is 0 Å². The third-order valence-electron chi connectivity index (χ3n) is 0. The first-order valence-corrected chi connectivity index (χ1v) is 1.50. The van der Waals surface area contributed by atoms with Gasteiger partial charge in [0.25, 0.3) is 0 Å². The fourth-order valence-corrected chi connectivity index (χ4v) is 0. The van der Waals surface area contributed by atoms with Gasteiger partial charge in [0.2, 0.25) is 0 Å². The fourth-order valence-electron chi connectivity index (χ4n) is 0. The lowest BCUT2D eigenvalue weighted by atomic mass is 15.8. The topological polar surface area (TPSA) is 63.2 Å². The molecule has 3 nitrogen and oxygen atoms in total. The van der Waals surface area contributed by atoms with Gasteiger partial charge >= 0.3 is 48.0 Å². The van der Waals surface area contributed by atoms with Crippen LogP contribution in [0.3, 0.4) is 0 Å². The van der Waals surface area contributed by atoms with Gasteiger partial charge in [-0.1, -0.05) is 0 Å². The van der Waals surface area contributed by atoms with E-state index in [1.807, 2.05) is 0 Å². The second-order valence-electron chi connectivity index (χ2n) is 0.204. The lowest BCUT2D eigenvalue weighted by molar-refractivity contribution is -0.001000. The summed E-state index contributed by atoms with van der Waals surface area (Å²) in [5.74, 6) is 0. The predicted octanol–water partition coefficient (Wildman–Crippen LogP) is -7.00. The van der Waals surface area contributed by atoms with Crippen LogP contribution in [0.15, 0.2) is 0 Å². The second kappa shape index (κ2) is 9.73. The minimum atomic E-state index is -3.11. The van der Waals surface area contributed by atoms with E-state index in [1.165, 1.54) is 0 Å². The molecule has 0 N–H and O–H groups in total. The largest absolute Gasteiger partial charge is 1.00 e. The maximum atomic E-state index is 8.44. The number of hydrogen-bond acceptors (Lipinski definition) is 3. The fraction of sp³-hybridized carbons (Fsp3) is 0. The van der Waals surface area contributed by atoms with Crippen LogP contribution in [0, 0.1) is 0 Å². The third-order valence-corrected chi connectivity index (χ3v) is 0. The lowest BCUT2D eigenvalue weighted by Crippen LogP contribution is -3.00. The second-order valence-corrected chi connectivity index (χ2v) is 0.612. The molecule has 0 fully saturated rings. The standard InChI is InChI=1S/2I.H2O3S/c;;1-4(2)3/h;;(H2,1,2,3)/q2*+1;/p-2. The molecule has 0 aromatic rings. The highest BCUT2D eigenvalue weighted by atomic mass is 127. The molecule has 0 aliphatic rings. The van der Waals surface area contributed by atoms with Crippen LogP contribution in [0.1, 0.15) is 0 Å². The Morgan fingerprint density at radius 3 is 1.17 bits per heavy atom. The Balaban J connectivity index is -0.0000000450. The Morgan fingerprint density at radius 2 is 1.17 bits per heavy atom. The van der Waals surface area contributed by atoms with Crippen molar-refractivity contribution in [2.75, 3.05) is 0 Å². The van der Waals surface area contributed by atoms with Gasteiger partial charge in [0.15, 0.2) is 0 Å². The van der Waals surface area contributed by atoms with Crippen LogP contribution in [0.25, 0.3) is 0 Å². The van der Waals surface area contributed by atoms with Crippen molar-refractivity contribution in [2.24, 2.45) is 0 Å². The molecule has 0 saturated carbocycles. The summed E-state index contributed by atoms with van der Waals surface area (Å²) in [5.41, 5.74) is 0. The average Bonchev–Trinajstić information content (AvgIpc) is 0.811. The predicted molar refractivity (Wildman–Crippen MR) is 9.70 cm³/mol. The smallest absolute Gasteiger partial charge is 0.784 e. The van der Waals surface area contributed by atoms with Crippen molar-refractivity contribution >= 4 is 11.4 Å². The van der Waals surface area contributed by atoms with Gasteiger partial charge < -0.3 is 9.11 Å². The number of halogens is 2. The zero-order valence-electron chi connectivity index (χ0n) is 2.39. The van der Waals surface area contributed by atoms with Gasteiger partial charge in [-0.3, -0.25) is 4.21 Å². The SMILES string of the molecule is O=S([O-])[O-].[I+].[I+]. The van der Waals surface area contributed by atoms with Gasteiger partial charge in [0.05, 0.1) is 0 Å². The average molecular weight is 334 g/mol. The van der Waals surface area contributed by atoms with Crippen molar-refractivity contribution in [1.29, 1.82) is 0 Å². The van der Waals surface area contributed by atoms with Crippen LogP contribution in [-0.4, -0.2) is 13.3 Å². The molecule has 0 aliphatic carbocycles. The van der Waals surface area contributed by atoms with Crippen molar-refractivity contribution in [3.8, 4) is 0 Å². The molecule has 0 spiro atoms. The Hall–Kier alpha value is 1.53. The van der Waals surface area contributed by atoms with E-state index in [2.05, 4.69) is 0 Å². The van der Waals surface area contributed by atoms with Crippen molar-refractivity contribution in [3.05, 3.63) is 0 Å². The summed E-state index contributed by atoms with van der Waals surface area (Å²) in [6.45, 7) is 0. The van der Waals surface area contributed by atoms with Gasteiger partial charge in [-0.05, 0) is 0 Å². The highest BCUT2D eigenvalue weighted by Crippen LogP contribution is 1.42. The summed E-state index contributed by atoms with van der Waals surface area (Å²) in [4.78, 5) is 0. The summed E-state index contributed by atoms with van der Waals surface area (Å²) in [5, 5.41) is 0. The van der Waals surface area contributed by atoms with E-state index in [0.717, 1.165) is 0 Å². The van der Waals surface area contributed by atoms with E-state index in [4.69, 9.17) is 13.3 Å². The zero-order chi connectivity index (χ0) is 3.58. The van der Waals surface area contributed by atoms with E-state index < -0.39 is 11.4 Å². The van der Waals surface area contributed by atoms with E-state index in [-0.39, 0.29) is 48.0 Å². The van der Waals surface area contributed by atoms with Crippen LogP contribution < -0.4 is 48.0 Å². The van der Waals surface area contributed by atoms with Gasteiger partial charge in [0.1, 0.15) is 0 Å². The van der Waals surface area contributed by atoms with E-state index in [9.17, 15) is 0 Å². The molecular weight excluding hydrogens is 334 g/mol. The maximum Gasteiger partial charge on any atom is 1.00 e. The number of hydrogen-bond donors (Lipinski definition) is 0. The van der Waals surface area contributed by atoms with Crippen molar-refractivity contribution < 1.29 is 61.3 Å². The molecule has 0 amide bonds. The van der Waals surface area contributed by atoms with E-state index in [0.29, 0.717) is 0 Å². The summed E-state index contributed by atoms with van der Waals surface area (Å²) < 4.78 is 25.3. The Morgan fingerprint density at radius 1 is 1.17 bits per heavy atom. The first kappa shape index (κ1) is 15.6. The van der Waals surface area contributed by atoms with Gasteiger partial charge in [-0.25, -0.2) is 0 Å². The van der Waals surface area contributed by atoms with Gasteiger partial charge in [-0.15, -0.1) is 11.4 Å². The normalized spacial score (nSPS) is 5.83. The molecule has 0 saturated heterocycles. The van der Waals surface area contributed by atoms with Gasteiger partial charge in [0, 0.05) is 0 Å². The molecule has 6 heavy (non-hydrogen) atoms. The minimum absolute atomic E-state index is 0. The molecule has 6 heteroatoms. The molecular formula is I2O3S. The highest BCUT2D eigenvalue weighted by molar-refractivity contribution is 7.72. The third kappa shape index (κ3) is 48.5. The van der Waals surface area contributed by atoms with Crippen LogP contribution in [0.5, 0.6) is 0 Å². The summed E-state index contributed by atoms with van der Waals surface area (Å²) >= 11 is -3.11. The maximum absolute atomic E-state index is 8.44. The summed E-state index contributed by atoms with van der Waals surface area (Å²) in [6, 6.07) is 0. The first-order valence-electron chi connectivity index (χ1n) is 0.500. The molecule has 0 aromatic carbocycles. The summed E-state index contributed by atoms with van der Waals surface area (Å²) in [7, 11) is 0. The first-order chi connectivity index (χ1) is 1.73. The molecule has 0 atom stereocenters. The monoisotopic (exact) mass is 334 g/mol.